The molecule has 1 aromatic heterocycles. The molecule has 1 aromatic carbocycles. The van der Waals surface area contributed by atoms with Gasteiger partial charge in [0, 0.05) is 44.0 Å². The average Bonchev–Trinajstić information content (AvgIpc) is 3.67. The molecular formula is C28H35N5O5. The van der Waals surface area contributed by atoms with Gasteiger partial charge in [-0.15, -0.1) is 0 Å². The van der Waals surface area contributed by atoms with Crippen LogP contribution < -0.4 is 15.5 Å². The molecule has 202 valence electrons. The van der Waals surface area contributed by atoms with Gasteiger partial charge in [0.05, 0.1) is 18.8 Å². The lowest BCUT2D eigenvalue weighted by Crippen LogP contribution is -2.53. The lowest BCUT2D eigenvalue weighted by atomic mass is 10.0. The van der Waals surface area contributed by atoms with Crippen molar-refractivity contribution in [1.29, 1.82) is 0 Å². The summed E-state index contributed by atoms with van der Waals surface area (Å²) in [5, 5.41) is 6.26. The molecule has 10 heteroatoms. The van der Waals surface area contributed by atoms with Crippen LogP contribution in [0.2, 0.25) is 0 Å². The maximum Gasteiger partial charge on any atom is 0.290 e. The summed E-state index contributed by atoms with van der Waals surface area (Å²) < 4.78 is 5.24. The summed E-state index contributed by atoms with van der Waals surface area (Å²) in [5.74, 6) is -0.790. The van der Waals surface area contributed by atoms with E-state index in [1.807, 2.05) is 26.0 Å². The van der Waals surface area contributed by atoms with Crippen molar-refractivity contribution in [2.75, 3.05) is 44.2 Å². The predicted molar refractivity (Wildman–Crippen MR) is 141 cm³/mol. The number of rotatable bonds is 7. The van der Waals surface area contributed by atoms with Crippen molar-refractivity contribution in [3.05, 3.63) is 54.0 Å². The highest BCUT2D eigenvalue weighted by molar-refractivity contribution is 6.02. The first-order valence-corrected chi connectivity index (χ1v) is 13.4. The summed E-state index contributed by atoms with van der Waals surface area (Å²) in [6, 6.07) is 8.79. The van der Waals surface area contributed by atoms with Crippen LogP contribution in [0.5, 0.6) is 0 Å². The molecule has 3 atom stereocenters. The quantitative estimate of drug-likeness (QED) is 0.568. The smallest absolute Gasteiger partial charge is 0.290 e. The summed E-state index contributed by atoms with van der Waals surface area (Å²) in [6.07, 6.45) is 2.37. The number of amides is 3. The third-order valence-electron chi connectivity index (χ3n) is 7.62. The number of Topliss-reactive ketones (excluding diaryl/α,β-unsaturated/α-hetero) is 1. The van der Waals surface area contributed by atoms with Crippen molar-refractivity contribution in [2.45, 2.75) is 44.8 Å². The molecule has 4 heterocycles. The SMILES string of the molecule is CC(C)CC(NC(=O)c1ccc(N2CCNCC2)cc1)C(=O)N1CCC2C1C(=O)CN2C(=O)c1ccco1. The topological polar surface area (TPSA) is 115 Å². The summed E-state index contributed by atoms with van der Waals surface area (Å²) in [6.45, 7) is 7.96. The van der Waals surface area contributed by atoms with Crippen LogP contribution in [0.25, 0.3) is 0 Å². The summed E-state index contributed by atoms with van der Waals surface area (Å²) in [7, 11) is 0. The van der Waals surface area contributed by atoms with E-state index in [0.29, 0.717) is 24.9 Å². The molecule has 3 unspecified atom stereocenters. The standard InChI is InChI=1S/C28H35N5O5/c1-18(2)16-21(30-26(35)19-5-7-20(8-6-19)31-13-10-29-11-14-31)27(36)32-12-9-22-25(32)23(34)17-33(22)28(37)24-4-3-15-38-24/h3-8,15,18,21-22,25,29H,9-14,16-17H2,1-2H3,(H,30,35). The highest BCUT2D eigenvalue weighted by Crippen LogP contribution is 2.32. The van der Waals surface area contributed by atoms with Crippen LogP contribution in [0, 0.1) is 5.92 Å². The molecule has 0 bridgehead atoms. The zero-order chi connectivity index (χ0) is 26.8. The number of hydrogen-bond acceptors (Lipinski definition) is 7. The Morgan fingerprint density at radius 3 is 2.45 bits per heavy atom. The number of carbonyl (C=O) groups is 4. The third-order valence-corrected chi connectivity index (χ3v) is 7.62. The van der Waals surface area contributed by atoms with Gasteiger partial charge in [0.1, 0.15) is 12.1 Å². The molecule has 2 aromatic rings. The molecule has 2 N–H and O–H groups in total. The van der Waals surface area contributed by atoms with Crippen LogP contribution in [0.3, 0.4) is 0 Å². The number of likely N-dealkylation sites (tertiary alicyclic amines) is 2. The van der Waals surface area contributed by atoms with E-state index in [0.717, 1.165) is 31.9 Å². The molecule has 3 fully saturated rings. The zero-order valence-corrected chi connectivity index (χ0v) is 21.9. The summed E-state index contributed by atoms with van der Waals surface area (Å²) in [5.41, 5.74) is 1.55. The highest BCUT2D eigenvalue weighted by Gasteiger charge is 2.52. The minimum Gasteiger partial charge on any atom is -0.459 e. The lowest BCUT2D eigenvalue weighted by Gasteiger charge is -2.30. The second-order valence-electron chi connectivity index (χ2n) is 10.6. The number of piperazine rings is 1. The Hall–Kier alpha value is -3.66. The Bertz CT molecular complexity index is 1170. The summed E-state index contributed by atoms with van der Waals surface area (Å²) >= 11 is 0. The van der Waals surface area contributed by atoms with Crippen LogP contribution in [0.15, 0.2) is 47.1 Å². The number of hydrogen-bond donors (Lipinski definition) is 2. The van der Waals surface area contributed by atoms with Crippen LogP contribution >= 0.6 is 0 Å². The molecule has 3 amide bonds. The normalized spacial score (nSPS) is 22.1. The third kappa shape index (κ3) is 5.18. The van der Waals surface area contributed by atoms with Gasteiger partial charge in [-0.2, -0.15) is 0 Å². The fourth-order valence-corrected chi connectivity index (χ4v) is 5.76. The molecule has 5 rings (SSSR count). The molecular weight excluding hydrogens is 486 g/mol. The zero-order valence-electron chi connectivity index (χ0n) is 21.9. The number of nitrogens with zero attached hydrogens (tertiary/aromatic N) is 3. The van der Waals surface area contributed by atoms with Gasteiger partial charge in [-0.3, -0.25) is 19.2 Å². The lowest BCUT2D eigenvalue weighted by molar-refractivity contribution is -0.138. The van der Waals surface area contributed by atoms with Gasteiger partial charge in [0.15, 0.2) is 11.5 Å². The minimum atomic E-state index is -0.767. The molecule has 0 spiro atoms. The highest BCUT2D eigenvalue weighted by atomic mass is 16.3. The van der Waals surface area contributed by atoms with Crippen molar-refractivity contribution < 1.29 is 23.6 Å². The second kappa shape index (κ2) is 11.0. The molecule has 0 aliphatic carbocycles. The Kier molecular flexibility index (Phi) is 7.51. The van der Waals surface area contributed by atoms with E-state index in [1.165, 1.54) is 11.2 Å². The molecule has 3 saturated heterocycles. The summed E-state index contributed by atoms with van der Waals surface area (Å²) in [4.78, 5) is 58.1. The Balaban J connectivity index is 1.28. The molecule has 38 heavy (non-hydrogen) atoms. The van der Waals surface area contributed by atoms with Crippen molar-refractivity contribution in [3.63, 3.8) is 0 Å². The number of anilines is 1. The van der Waals surface area contributed by atoms with Gasteiger partial charge in [0.2, 0.25) is 5.91 Å². The monoisotopic (exact) mass is 521 g/mol. The maximum atomic E-state index is 13.7. The fraction of sp³-hybridized carbons (Fsp3) is 0.500. The van der Waals surface area contributed by atoms with Gasteiger partial charge in [-0.1, -0.05) is 13.8 Å². The Morgan fingerprint density at radius 2 is 1.79 bits per heavy atom. The van der Waals surface area contributed by atoms with E-state index in [1.54, 1.807) is 29.2 Å². The average molecular weight is 522 g/mol. The van der Waals surface area contributed by atoms with Crippen molar-refractivity contribution in [2.24, 2.45) is 5.92 Å². The van der Waals surface area contributed by atoms with Crippen molar-refractivity contribution in [1.82, 2.24) is 20.4 Å². The maximum absolute atomic E-state index is 13.7. The molecule has 0 saturated carbocycles. The number of nitrogens with one attached hydrogen (secondary N) is 2. The van der Waals surface area contributed by atoms with Crippen LogP contribution in [-0.2, 0) is 9.59 Å². The van der Waals surface area contributed by atoms with Gasteiger partial charge < -0.3 is 29.8 Å². The number of ketones is 1. The molecule has 3 aliphatic rings. The first-order valence-electron chi connectivity index (χ1n) is 13.4. The number of fused-ring (bicyclic) bond motifs is 1. The predicted octanol–water partition coefficient (Wildman–Crippen LogP) is 1.53. The molecule has 10 nitrogen and oxygen atoms in total. The van der Waals surface area contributed by atoms with Crippen LogP contribution in [0.4, 0.5) is 5.69 Å². The van der Waals surface area contributed by atoms with Gasteiger partial charge in [-0.25, -0.2) is 0 Å². The number of benzene rings is 1. The molecule has 3 aliphatic heterocycles. The van der Waals surface area contributed by atoms with E-state index in [4.69, 9.17) is 4.42 Å². The second-order valence-corrected chi connectivity index (χ2v) is 10.6. The van der Waals surface area contributed by atoms with Gasteiger partial charge in [-0.05, 0) is 55.2 Å². The van der Waals surface area contributed by atoms with Crippen LogP contribution in [0.1, 0.15) is 47.6 Å². The first-order chi connectivity index (χ1) is 18.3. The minimum absolute atomic E-state index is 0.0563. The van der Waals surface area contributed by atoms with Gasteiger partial charge >= 0.3 is 0 Å². The Labute approximate surface area is 222 Å². The van der Waals surface area contributed by atoms with E-state index < -0.39 is 18.1 Å². The van der Waals surface area contributed by atoms with Crippen molar-refractivity contribution >= 4 is 29.2 Å². The number of furan rings is 1. The largest absolute Gasteiger partial charge is 0.459 e. The molecule has 0 radical (unpaired) electrons. The first kappa shape index (κ1) is 26.0. The van der Waals surface area contributed by atoms with E-state index >= 15 is 0 Å². The number of carbonyl (C=O) groups excluding carboxylic acids is 4. The van der Waals surface area contributed by atoms with E-state index in [-0.39, 0.29) is 41.7 Å². The van der Waals surface area contributed by atoms with Crippen molar-refractivity contribution in [3.8, 4) is 0 Å². The van der Waals surface area contributed by atoms with Crippen LogP contribution in [-0.4, -0.2) is 90.7 Å². The van der Waals surface area contributed by atoms with E-state index in [9.17, 15) is 19.2 Å². The van der Waals surface area contributed by atoms with Gasteiger partial charge in [0.25, 0.3) is 11.8 Å². The Morgan fingerprint density at radius 1 is 1.05 bits per heavy atom. The fourth-order valence-electron chi connectivity index (χ4n) is 5.76. The van der Waals surface area contributed by atoms with E-state index in [2.05, 4.69) is 15.5 Å².